The normalized spacial score (nSPS) is 21.5. The fourth-order valence-electron chi connectivity index (χ4n) is 3.34. The molecule has 0 aliphatic carbocycles. The topological polar surface area (TPSA) is 92.9 Å². The van der Waals surface area contributed by atoms with E-state index < -0.39 is 15.6 Å². The quantitative estimate of drug-likeness (QED) is 0.807. The standard InChI is InChI=1S/C17H25N3O4S.ClH/c18-17(7-13-24-14-8-17)16(21)19-9-4-10-20(12-11-19)25(22,23)15-5-2-1-3-6-15;/h1-3,5-6H,4,7-14,18H2;1H. The van der Waals surface area contributed by atoms with E-state index in [1.165, 1.54) is 4.31 Å². The van der Waals surface area contributed by atoms with E-state index in [-0.39, 0.29) is 29.8 Å². The highest BCUT2D eigenvalue weighted by Crippen LogP contribution is 2.23. The van der Waals surface area contributed by atoms with Crippen LogP contribution in [0.25, 0.3) is 0 Å². The lowest BCUT2D eigenvalue weighted by Gasteiger charge is -2.36. The van der Waals surface area contributed by atoms with Crippen LogP contribution in [0.2, 0.25) is 0 Å². The Morgan fingerprint density at radius 1 is 1.04 bits per heavy atom. The molecule has 0 radical (unpaired) electrons. The van der Waals surface area contributed by atoms with Gasteiger partial charge in [-0.05, 0) is 31.4 Å². The Labute approximate surface area is 160 Å². The predicted octanol–water partition coefficient (Wildman–Crippen LogP) is 0.839. The maximum atomic E-state index is 12.8. The van der Waals surface area contributed by atoms with Crippen molar-refractivity contribution in [2.75, 3.05) is 39.4 Å². The third-order valence-electron chi connectivity index (χ3n) is 4.93. The molecule has 1 aromatic carbocycles. The Bertz CT molecular complexity index is 708. The number of carbonyl (C=O) groups excluding carboxylic acids is 1. The third kappa shape index (κ3) is 4.37. The van der Waals surface area contributed by atoms with Crippen molar-refractivity contribution in [2.45, 2.75) is 29.7 Å². The van der Waals surface area contributed by atoms with Gasteiger partial charge in [0.2, 0.25) is 15.9 Å². The molecule has 0 atom stereocenters. The smallest absolute Gasteiger partial charge is 0.243 e. The van der Waals surface area contributed by atoms with E-state index in [0.29, 0.717) is 52.1 Å². The van der Waals surface area contributed by atoms with Crippen LogP contribution in [-0.4, -0.2) is 68.5 Å². The minimum Gasteiger partial charge on any atom is -0.381 e. The second kappa shape index (κ2) is 8.67. The monoisotopic (exact) mass is 403 g/mol. The number of carbonyl (C=O) groups is 1. The predicted molar refractivity (Wildman–Crippen MR) is 101 cm³/mol. The first kappa shape index (κ1) is 21.1. The van der Waals surface area contributed by atoms with E-state index in [1.54, 1.807) is 35.2 Å². The van der Waals surface area contributed by atoms with Crippen LogP contribution < -0.4 is 5.73 Å². The van der Waals surface area contributed by atoms with Crippen molar-refractivity contribution in [1.82, 2.24) is 9.21 Å². The molecule has 2 aliphatic heterocycles. The zero-order valence-electron chi connectivity index (χ0n) is 14.7. The molecule has 2 saturated heterocycles. The number of hydrogen-bond donors (Lipinski definition) is 1. The minimum absolute atomic E-state index is 0. The summed E-state index contributed by atoms with van der Waals surface area (Å²) in [5.41, 5.74) is 5.41. The summed E-state index contributed by atoms with van der Waals surface area (Å²) in [6, 6.07) is 8.41. The maximum absolute atomic E-state index is 12.8. The molecule has 0 spiro atoms. The van der Waals surface area contributed by atoms with Crippen LogP contribution in [0.15, 0.2) is 35.2 Å². The number of amides is 1. The number of benzene rings is 1. The molecule has 0 saturated carbocycles. The second-order valence-electron chi connectivity index (χ2n) is 6.63. The van der Waals surface area contributed by atoms with Crippen molar-refractivity contribution < 1.29 is 17.9 Å². The van der Waals surface area contributed by atoms with E-state index in [1.807, 2.05) is 0 Å². The highest BCUT2D eigenvalue weighted by atomic mass is 35.5. The SMILES string of the molecule is Cl.NC1(C(=O)N2CCCN(S(=O)(=O)c3ccccc3)CC2)CCOCC1. The van der Waals surface area contributed by atoms with Gasteiger partial charge in [0.25, 0.3) is 0 Å². The second-order valence-corrected chi connectivity index (χ2v) is 8.57. The molecule has 2 fully saturated rings. The van der Waals surface area contributed by atoms with Crippen molar-refractivity contribution >= 4 is 28.3 Å². The molecule has 146 valence electrons. The molecule has 1 amide bonds. The van der Waals surface area contributed by atoms with Crippen LogP contribution >= 0.6 is 12.4 Å². The van der Waals surface area contributed by atoms with Crippen LogP contribution in [-0.2, 0) is 19.6 Å². The fourth-order valence-corrected chi connectivity index (χ4v) is 4.83. The minimum atomic E-state index is -3.53. The first-order valence-corrected chi connectivity index (χ1v) is 10.1. The van der Waals surface area contributed by atoms with Gasteiger partial charge in [-0.1, -0.05) is 18.2 Å². The molecule has 2 aliphatic rings. The van der Waals surface area contributed by atoms with E-state index in [4.69, 9.17) is 10.5 Å². The number of rotatable bonds is 3. The molecular weight excluding hydrogens is 378 g/mol. The molecule has 2 heterocycles. The summed E-state index contributed by atoms with van der Waals surface area (Å²) < 4.78 is 32.3. The summed E-state index contributed by atoms with van der Waals surface area (Å²) >= 11 is 0. The maximum Gasteiger partial charge on any atom is 0.243 e. The Kier molecular flexibility index (Phi) is 7.04. The lowest BCUT2D eigenvalue weighted by Crippen LogP contribution is -2.58. The Morgan fingerprint density at radius 2 is 1.69 bits per heavy atom. The average Bonchev–Trinajstić information content (AvgIpc) is 2.89. The van der Waals surface area contributed by atoms with Crippen LogP contribution in [0.1, 0.15) is 19.3 Å². The lowest BCUT2D eigenvalue weighted by atomic mass is 9.89. The van der Waals surface area contributed by atoms with Crippen molar-refractivity contribution in [1.29, 1.82) is 0 Å². The van der Waals surface area contributed by atoms with Gasteiger partial charge in [0, 0.05) is 39.4 Å². The molecule has 2 N–H and O–H groups in total. The number of sulfonamides is 1. The molecule has 0 aromatic heterocycles. The van der Waals surface area contributed by atoms with Crippen LogP contribution in [0.4, 0.5) is 0 Å². The van der Waals surface area contributed by atoms with Crippen molar-refractivity contribution in [3.63, 3.8) is 0 Å². The summed E-state index contributed by atoms with van der Waals surface area (Å²) in [5.74, 6) is -0.0882. The third-order valence-corrected chi connectivity index (χ3v) is 6.85. The number of halogens is 1. The summed E-state index contributed by atoms with van der Waals surface area (Å²) in [6.45, 7) is 2.57. The first-order chi connectivity index (χ1) is 11.9. The Balaban J connectivity index is 0.00000243. The summed E-state index contributed by atoms with van der Waals surface area (Å²) in [6.07, 6.45) is 1.62. The highest BCUT2D eigenvalue weighted by Gasteiger charge is 2.40. The number of ether oxygens (including phenoxy) is 1. The summed E-state index contributed by atoms with van der Waals surface area (Å²) in [5, 5.41) is 0. The molecule has 7 nitrogen and oxygen atoms in total. The Morgan fingerprint density at radius 3 is 2.35 bits per heavy atom. The Hall–Kier alpha value is -1.19. The molecule has 0 bridgehead atoms. The van der Waals surface area contributed by atoms with Gasteiger partial charge in [-0.3, -0.25) is 4.79 Å². The molecule has 1 aromatic rings. The van der Waals surface area contributed by atoms with Crippen molar-refractivity contribution in [3.8, 4) is 0 Å². The van der Waals surface area contributed by atoms with Gasteiger partial charge >= 0.3 is 0 Å². The van der Waals surface area contributed by atoms with Gasteiger partial charge in [-0.15, -0.1) is 12.4 Å². The molecular formula is C17H26ClN3O4S. The van der Waals surface area contributed by atoms with Crippen molar-refractivity contribution in [3.05, 3.63) is 30.3 Å². The molecule has 3 rings (SSSR count). The number of nitrogens with two attached hydrogens (primary N) is 1. The van der Waals surface area contributed by atoms with Gasteiger partial charge in [-0.25, -0.2) is 8.42 Å². The largest absolute Gasteiger partial charge is 0.381 e. The summed E-state index contributed by atoms with van der Waals surface area (Å²) in [7, 11) is -3.53. The zero-order valence-corrected chi connectivity index (χ0v) is 16.3. The lowest BCUT2D eigenvalue weighted by molar-refractivity contribution is -0.140. The van der Waals surface area contributed by atoms with Crippen LogP contribution in [0.3, 0.4) is 0 Å². The zero-order chi connectivity index (χ0) is 17.9. The molecule has 26 heavy (non-hydrogen) atoms. The van der Waals surface area contributed by atoms with E-state index in [9.17, 15) is 13.2 Å². The number of hydrogen-bond acceptors (Lipinski definition) is 5. The highest BCUT2D eigenvalue weighted by molar-refractivity contribution is 7.89. The van der Waals surface area contributed by atoms with Gasteiger partial charge < -0.3 is 15.4 Å². The first-order valence-electron chi connectivity index (χ1n) is 8.65. The van der Waals surface area contributed by atoms with E-state index in [2.05, 4.69) is 0 Å². The van der Waals surface area contributed by atoms with E-state index >= 15 is 0 Å². The van der Waals surface area contributed by atoms with Gasteiger partial charge in [0.1, 0.15) is 0 Å². The van der Waals surface area contributed by atoms with Gasteiger partial charge in [0.05, 0.1) is 10.4 Å². The van der Waals surface area contributed by atoms with E-state index in [0.717, 1.165) is 0 Å². The van der Waals surface area contributed by atoms with Crippen molar-refractivity contribution in [2.24, 2.45) is 5.73 Å². The average molecular weight is 404 g/mol. The van der Waals surface area contributed by atoms with Crippen LogP contribution in [0.5, 0.6) is 0 Å². The fraction of sp³-hybridized carbons (Fsp3) is 0.588. The molecule has 0 unspecified atom stereocenters. The van der Waals surface area contributed by atoms with Gasteiger partial charge in [0.15, 0.2) is 0 Å². The molecule has 9 heteroatoms. The van der Waals surface area contributed by atoms with Crippen LogP contribution in [0, 0.1) is 0 Å². The number of nitrogens with zero attached hydrogens (tertiary/aromatic N) is 2. The van der Waals surface area contributed by atoms with Gasteiger partial charge in [-0.2, -0.15) is 4.31 Å². The summed E-state index contributed by atoms with van der Waals surface area (Å²) in [4.78, 5) is 14.8.